The van der Waals surface area contributed by atoms with E-state index in [0.717, 1.165) is 45.7 Å². The quantitative estimate of drug-likeness (QED) is 0.696. The summed E-state index contributed by atoms with van der Waals surface area (Å²) in [5, 5.41) is 3.01. The summed E-state index contributed by atoms with van der Waals surface area (Å²) in [6.45, 7) is 12.7. The Morgan fingerprint density at radius 1 is 1.26 bits per heavy atom. The standard InChI is InChI=1S/C14H30N4O/c1-4-17-7-9-18(10-8-17)13(3)11-16-14(19)6-5-12(2)15/h12-13H,4-11,15H2,1-3H3,(H,16,19). The molecule has 112 valence electrons. The fraction of sp³-hybridized carbons (Fsp3) is 0.929. The van der Waals surface area contributed by atoms with Crippen LogP contribution in [0.4, 0.5) is 0 Å². The smallest absolute Gasteiger partial charge is 0.220 e. The summed E-state index contributed by atoms with van der Waals surface area (Å²) in [5.41, 5.74) is 5.65. The molecule has 0 bridgehead atoms. The minimum atomic E-state index is 0.102. The molecule has 1 aliphatic heterocycles. The van der Waals surface area contributed by atoms with Crippen molar-refractivity contribution in [2.45, 2.75) is 45.7 Å². The first-order chi connectivity index (χ1) is 9.02. The maximum atomic E-state index is 11.6. The van der Waals surface area contributed by atoms with Crippen LogP contribution in [0, 0.1) is 0 Å². The van der Waals surface area contributed by atoms with Crippen LogP contribution in [0.3, 0.4) is 0 Å². The Labute approximate surface area is 117 Å². The topological polar surface area (TPSA) is 61.6 Å². The van der Waals surface area contributed by atoms with Gasteiger partial charge in [0.2, 0.25) is 5.91 Å². The van der Waals surface area contributed by atoms with Gasteiger partial charge in [0.25, 0.3) is 0 Å². The third-order valence-electron chi connectivity index (χ3n) is 3.90. The van der Waals surface area contributed by atoms with E-state index in [1.807, 2.05) is 6.92 Å². The number of hydrogen-bond acceptors (Lipinski definition) is 4. The first-order valence-electron chi connectivity index (χ1n) is 7.51. The number of hydrogen-bond donors (Lipinski definition) is 2. The molecule has 1 saturated heterocycles. The third-order valence-corrected chi connectivity index (χ3v) is 3.90. The lowest BCUT2D eigenvalue weighted by Crippen LogP contribution is -2.52. The molecule has 1 heterocycles. The number of carbonyl (C=O) groups excluding carboxylic acids is 1. The highest BCUT2D eigenvalue weighted by Gasteiger charge is 2.20. The minimum absolute atomic E-state index is 0.102. The van der Waals surface area contributed by atoms with E-state index < -0.39 is 0 Å². The molecule has 2 atom stereocenters. The van der Waals surface area contributed by atoms with Crippen molar-refractivity contribution in [3.8, 4) is 0 Å². The fourth-order valence-electron chi connectivity index (χ4n) is 2.36. The zero-order chi connectivity index (χ0) is 14.3. The maximum absolute atomic E-state index is 11.6. The summed E-state index contributed by atoms with van der Waals surface area (Å²) in [6.07, 6.45) is 1.30. The zero-order valence-corrected chi connectivity index (χ0v) is 12.7. The predicted octanol–water partition coefficient (Wildman–Crippen LogP) is 0.256. The van der Waals surface area contributed by atoms with E-state index >= 15 is 0 Å². The van der Waals surface area contributed by atoms with Crippen LogP contribution >= 0.6 is 0 Å². The molecule has 1 fully saturated rings. The van der Waals surface area contributed by atoms with Gasteiger partial charge in [0.05, 0.1) is 0 Å². The van der Waals surface area contributed by atoms with Crippen LogP contribution in [-0.4, -0.2) is 67.1 Å². The van der Waals surface area contributed by atoms with Gasteiger partial charge in [0, 0.05) is 51.2 Å². The molecule has 1 amide bonds. The van der Waals surface area contributed by atoms with Crippen molar-refractivity contribution < 1.29 is 4.79 Å². The summed E-state index contributed by atoms with van der Waals surface area (Å²) in [7, 11) is 0. The van der Waals surface area contributed by atoms with Gasteiger partial charge < -0.3 is 16.0 Å². The fourth-order valence-corrected chi connectivity index (χ4v) is 2.36. The second kappa shape index (κ2) is 8.51. The number of carbonyl (C=O) groups is 1. The van der Waals surface area contributed by atoms with Crippen molar-refractivity contribution in [2.75, 3.05) is 39.3 Å². The summed E-state index contributed by atoms with van der Waals surface area (Å²) in [6, 6.07) is 0.517. The molecule has 5 heteroatoms. The Balaban J connectivity index is 2.17. The van der Waals surface area contributed by atoms with Gasteiger partial charge in [-0.15, -0.1) is 0 Å². The molecule has 0 aromatic carbocycles. The monoisotopic (exact) mass is 270 g/mol. The number of nitrogens with one attached hydrogen (secondary N) is 1. The molecule has 1 rings (SSSR count). The number of likely N-dealkylation sites (N-methyl/N-ethyl adjacent to an activating group) is 1. The molecule has 0 aromatic heterocycles. The Morgan fingerprint density at radius 2 is 1.89 bits per heavy atom. The van der Waals surface area contributed by atoms with Gasteiger partial charge in [0.1, 0.15) is 0 Å². The van der Waals surface area contributed by atoms with E-state index in [0.29, 0.717) is 12.5 Å². The second-order valence-electron chi connectivity index (χ2n) is 5.64. The van der Waals surface area contributed by atoms with E-state index in [1.165, 1.54) is 0 Å². The normalized spacial score (nSPS) is 21.1. The third kappa shape index (κ3) is 6.36. The molecular formula is C14H30N4O. The molecule has 1 aliphatic rings. The van der Waals surface area contributed by atoms with Gasteiger partial charge in [0.15, 0.2) is 0 Å². The van der Waals surface area contributed by atoms with Crippen LogP contribution in [0.5, 0.6) is 0 Å². The number of rotatable bonds is 7. The molecular weight excluding hydrogens is 240 g/mol. The van der Waals surface area contributed by atoms with E-state index in [-0.39, 0.29) is 11.9 Å². The van der Waals surface area contributed by atoms with Crippen molar-refractivity contribution in [2.24, 2.45) is 5.73 Å². The van der Waals surface area contributed by atoms with Gasteiger partial charge in [-0.25, -0.2) is 0 Å². The first kappa shape index (κ1) is 16.4. The summed E-state index contributed by atoms with van der Waals surface area (Å²) in [5.74, 6) is 0.122. The van der Waals surface area contributed by atoms with Crippen LogP contribution in [0.2, 0.25) is 0 Å². The van der Waals surface area contributed by atoms with Crippen LogP contribution in [0.25, 0.3) is 0 Å². The molecule has 0 radical (unpaired) electrons. The summed E-state index contributed by atoms with van der Waals surface area (Å²) >= 11 is 0. The van der Waals surface area contributed by atoms with Crippen molar-refractivity contribution in [3.05, 3.63) is 0 Å². The van der Waals surface area contributed by atoms with Crippen LogP contribution < -0.4 is 11.1 Å². The molecule has 0 aromatic rings. The van der Waals surface area contributed by atoms with E-state index in [9.17, 15) is 4.79 Å². The highest BCUT2D eigenvalue weighted by atomic mass is 16.1. The van der Waals surface area contributed by atoms with Gasteiger partial charge >= 0.3 is 0 Å². The van der Waals surface area contributed by atoms with Gasteiger partial charge in [-0.3, -0.25) is 9.69 Å². The predicted molar refractivity (Wildman–Crippen MR) is 79.0 cm³/mol. The van der Waals surface area contributed by atoms with Gasteiger partial charge in [-0.05, 0) is 26.8 Å². The highest BCUT2D eigenvalue weighted by Crippen LogP contribution is 2.05. The van der Waals surface area contributed by atoms with Gasteiger partial charge in [-0.1, -0.05) is 6.92 Å². The molecule has 0 aliphatic carbocycles. The molecule has 5 nitrogen and oxygen atoms in total. The lowest BCUT2D eigenvalue weighted by atomic mass is 10.2. The SMILES string of the molecule is CCN1CCN(C(C)CNC(=O)CCC(C)N)CC1. The number of nitrogens with two attached hydrogens (primary N) is 1. The van der Waals surface area contributed by atoms with Gasteiger partial charge in [-0.2, -0.15) is 0 Å². The number of piperazine rings is 1. The lowest BCUT2D eigenvalue weighted by Gasteiger charge is -2.37. The summed E-state index contributed by atoms with van der Waals surface area (Å²) < 4.78 is 0. The lowest BCUT2D eigenvalue weighted by molar-refractivity contribution is -0.121. The second-order valence-corrected chi connectivity index (χ2v) is 5.64. The van der Waals surface area contributed by atoms with Crippen LogP contribution in [0.1, 0.15) is 33.6 Å². The van der Waals surface area contributed by atoms with Crippen molar-refractivity contribution >= 4 is 5.91 Å². The minimum Gasteiger partial charge on any atom is -0.355 e. The maximum Gasteiger partial charge on any atom is 0.220 e. The van der Waals surface area contributed by atoms with Crippen molar-refractivity contribution in [3.63, 3.8) is 0 Å². The largest absolute Gasteiger partial charge is 0.355 e. The Morgan fingerprint density at radius 3 is 2.42 bits per heavy atom. The van der Waals surface area contributed by atoms with Crippen molar-refractivity contribution in [1.82, 2.24) is 15.1 Å². The average Bonchev–Trinajstić information content (AvgIpc) is 2.42. The van der Waals surface area contributed by atoms with Crippen molar-refractivity contribution in [1.29, 1.82) is 0 Å². The first-order valence-corrected chi connectivity index (χ1v) is 7.51. The van der Waals surface area contributed by atoms with E-state index in [2.05, 4.69) is 29.0 Å². The molecule has 19 heavy (non-hydrogen) atoms. The summed E-state index contributed by atoms with van der Waals surface area (Å²) in [4.78, 5) is 16.6. The molecule has 2 unspecified atom stereocenters. The average molecular weight is 270 g/mol. The number of nitrogens with zero attached hydrogens (tertiary/aromatic N) is 2. The molecule has 3 N–H and O–H groups in total. The van der Waals surface area contributed by atoms with E-state index in [1.54, 1.807) is 0 Å². The number of amides is 1. The van der Waals surface area contributed by atoms with Crippen LogP contribution in [0.15, 0.2) is 0 Å². The Kier molecular flexibility index (Phi) is 7.34. The molecule has 0 saturated carbocycles. The molecule has 0 spiro atoms. The van der Waals surface area contributed by atoms with Crippen LogP contribution in [-0.2, 0) is 4.79 Å². The zero-order valence-electron chi connectivity index (χ0n) is 12.7. The highest BCUT2D eigenvalue weighted by molar-refractivity contribution is 5.75. The Bertz CT molecular complexity index is 262. The van der Waals surface area contributed by atoms with E-state index in [4.69, 9.17) is 5.73 Å². The Hall–Kier alpha value is -0.650.